The fourth-order valence-electron chi connectivity index (χ4n) is 2.25. The quantitative estimate of drug-likeness (QED) is 0.178. The molecule has 0 saturated carbocycles. The van der Waals surface area contributed by atoms with Crippen molar-refractivity contribution < 1.29 is 56.3 Å². The minimum atomic E-state index is -5.67. The highest BCUT2D eigenvalue weighted by atomic mass is 31.3. The topological polar surface area (TPSA) is 244 Å². The summed E-state index contributed by atoms with van der Waals surface area (Å²) in [6.07, 6.45) is -2.36. The number of nitrogens with zero attached hydrogens (tertiary/aromatic N) is 1. The lowest BCUT2D eigenvalue weighted by molar-refractivity contribution is -0.00863. The van der Waals surface area contributed by atoms with Crippen LogP contribution in [0.1, 0.15) is 12.0 Å². The van der Waals surface area contributed by atoms with Gasteiger partial charge in [-0.3, -0.25) is 14.3 Å². The first kappa shape index (κ1) is 25.8. The number of aliphatic hydroxyl groups is 1. The zero-order valence-corrected chi connectivity index (χ0v) is 18.1. The molecule has 0 aromatic carbocycles. The molecule has 2 unspecified atom stereocenters. The third kappa shape index (κ3) is 8.21. The summed E-state index contributed by atoms with van der Waals surface area (Å²) in [6.45, 7) is -0.844. The Morgan fingerprint density at radius 3 is 2.45 bits per heavy atom. The molecule has 1 aromatic heterocycles. The Balaban J connectivity index is 1.98. The molecule has 0 bridgehead atoms. The first-order valence-electron chi connectivity index (χ1n) is 8.00. The fraction of sp³-hybridized carbons (Fsp3) is 0.500. The largest absolute Gasteiger partial charge is 0.490 e. The molecular weight excluding hydrogens is 489 g/mol. The van der Waals surface area contributed by atoms with Crippen molar-refractivity contribution in [2.24, 2.45) is 7.05 Å². The number of rotatable bonds is 7. The van der Waals surface area contributed by atoms with Gasteiger partial charge in [-0.1, -0.05) is 11.8 Å². The van der Waals surface area contributed by atoms with Crippen LogP contribution in [0.3, 0.4) is 0 Å². The molecule has 0 spiro atoms. The van der Waals surface area contributed by atoms with Crippen LogP contribution in [0.4, 0.5) is 0 Å². The molecule has 1 fully saturated rings. The Morgan fingerprint density at radius 1 is 1.19 bits per heavy atom. The van der Waals surface area contributed by atoms with E-state index in [1.807, 2.05) is 4.98 Å². The van der Waals surface area contributed by atoms with Crippen molar-refractivity contribution in [3.8, 4) is 11.8 Å². The molecule has 1 aliphatic rings. The minimum Gasteiger partial charge on any atom is -0.390 e. The van der Waals surface area contributed by atoms with E-state index in [0.717, 1.165) is 4.57 Å². The predicted molar refractivity (Wildman–Crippen MR) is 98.3 cm³/mol. The highest BCUT2D eigenvalue weighted by Gasteiger charge is 2.42. The van der Waals surface area contributed by atoms with E-state index in [4.69, 9.17) is 19.4 Å². The van der Waals surface area contributed by atoms with Crippen LogP contribution in [0.5, 0.6) is 0 Å². The Labute approximate surface area is 172 Å². The summed E-state index contributed by atoms with van der Waals surface area (Å²) in [6, 6.07) is 0. The fourth-order valence-corrected chi connectivity index (χ4v) is 5.28. The first-order valence-corrected chi connectivity index (χ1v) is 12.5. The molecule has 16 nitrogen and oxygen atoms in total. The van der Waals surface area contributed by atoms with Gasteiger partial charge in [0, 0.05) is 19.7 Å². The SMILES string of the molecule is Cn1cc(C#C[C@H]2C[C@H](O)[C@@H](COP(=O)(O)OP(=O)(O)OP(=O)(O)O)O2)c(=O)[nH]c1=O. The van der Waals surface area contributed by atoms with E-state index >= 15 is 0 Å². The molecule has 0 radical (unpaired) electrons. The number of nitrogens with one attached hydrogen (secondary N) is 1. The standard InChI is InChI=1S/C12H17N2O14P3/c1-14-5-7(11(16)13-12(14)17)2-3-8-4-9(15)10(26-8)6-25-30(21,22)28-31(23,24)27-29(18,19)20/h5,8-10,15H,4,6H2,1H3,(H,21,22)(H,23,24)(H,13,16,17)(H2,18,19,20)/t8-,9-,10+/m0/s1. The molecule has 31 heavy (non-hydrogen) atoms. The Hall–Kier alpha value is -1.43. The number of aliphatic hydroxyl groups excluding tert-OH is 1. The van der Waals surface area contributed by atoms with E-state index in [1.54, 1.807) is 0 Å². The van der Waals surface area contributed by atoms with E-state index in [2.05, 4.69) is 25.0 Å². The second-order valence-electron chi connectivity index (χ2n) is 6.04. The van der Waals surface area contributed by atoms with Gasteiger partial charge in [0.25, 0.3) is 5.56 Å². The predicted octanol–water partition coefficient (Wildman–Crippen LogP) is -1.71. The summed E-state index contributed by atoms with van der Waals surface area (Å²) in [4.78, 5) is 60.4. The summed E-state index contributed by atoms with van der Waals surface area (Å²) >= 11 is 0. The van der Waals surface area contributed by atoms with Gasteiger partial charge in [0.05, 0.1) is 12.7 Å². The Bertz CT molecular complexity index is 1140. The van der Waals surface area contributed by atoms with Crippen molar-refractivity contribution in [3.63, 3.8) is 0 Å². The van der Waals surface area contributed by atoms with Crippen LogP contribution in [0.15, 0.2) is 15.8 Å². The van der Waals surface area contributed by atoms with Gasteiger partial charge in [-0.25, -0.2) is 18.5 Å². The maximum atomic E-state index is 11.7. The van der Waals surface area contributed by atoms with Crippen molar-refractivity contribution in [1.82, 2.24) is 9.55 Å². The average Bonchev–Trinajstić information content (AvgIpc) is 2.92. The first-order chi connectivity index (χ1) is 14.1. The van der Waals surface area contributed by atoms with Gasteiger partial charge in [0.2, 0.25) is 0 Å². The smallest absolute Gasteiger partial charge is 0.390 e. The minimum absolute atomic E-state index is 0.0584. The van der Waals surface area contributed by atoms with Crippen LogP contribution in [0.25, 0.3) is 0 Å². The second kappa shape index (κ2) is 9.60. The Kier molecular flexibility index (Phi) is 8.00. The summed E-state index contributed by atoms with van der Waals surface area (Å²) < 4.78 is 51.4. The normalized spacial score (nSPS) is 25.3. The molecule has 0 amide bonds. The maximum absolute atomic E-state index is 11.7. The van der Waals surface area contributed by atoms with E-state index in [0.29, 0.717) is 0 Å². The van der Waals surface area contributed by atoms with Crippen molar-refractivity contribution in [2.75, 3.05) is 6.61 Å². The zero-order chi connectivity index (χ0) is 23.6. The molecule has 174 valence electrons. The molecule has 2 heterocycles. The molecule has 19 heteroatoms. The highest BCUT2D eigenvalue weighted by molar-refractivity contribution is 7.66. The van der Waals surface area contributed by atoms with Gasteiger partial charge in [0.1, 0.15) is 17.8 Å². The van der Waals surface area contributed by atoms with E-state index in [1.165, 1.54) is 13.2 Å². The average molecular weight is 506 g/mol. The van der Waals surface area contributed by atoms with Gasteiger partial charge in [-0.2, -0.15) is 8.62 Å². The van der Waals surface area contributed by atoms with Gasteiger partial charge in [-0.15, -0.1) is 0 Å². The summed E-state index contributed by atoms with van der Waals surface area (Å²) in [5.74, 6) is 5.00. The third-order valence-electron chi connectivity index (χ3n) is 3.52. The van der Waals surface area contributed by atoms with Gasteiger partial charge < -0.3 is 34.0 Å². The Morgan fingerprint density at radius 2 is 1.84 bits per heavy atom. The lowest BCUT2D eigenvalue weighted by Gasteiger charge is -2.18. The van der Waals surface area contributed by atoms with E-state index in [9.17, 15) is 33.3 Å². The number of aryl methyl sites for hydroxylation is 1. The lowest BCUT2D eigenvalue weighted by atomic mass is 10.1. The molecule has 5 atom stereocenters. The molecule has 1 aliphatic heterocycles. The van der Waals surface area contributed by atoms with Crippen molar-refractivity contribution in [3.05, 3.63) is 32.6 Å². The van der Waals surface area contributed by atoms with Crippen molar-refractivity contribution in [1.29, 1.82) is 0 Å². The zero-order valence-electron chi connectivity index (χ0n) is 15.4. The van der Waals surface area contributed by atoms with Crippen LogP contribution in [0.2, 0.25) is 0 Å². The number of ether oxygens (including phenoxy) is 1. The molecular formula is C12H17N2O14P3. The second-order valence-corrected chi connectivity index (χ2v) is 10.5. The monoisotopic (exact) mass is 506 g/mol. The van der Waals surface area contributed by atoms with Crippen LogP contribution in [0, 0.1) is 11.8 Å². The van der Waals surface area contributed by atoms with Gasteiger partial charge in [0.15, 0.2) is 0 Å². The molecule has 2 rings (SSSR count). The molecule has 1 saturated heterocycles. The lowest BCUT2D eigenvalue weighted by Crippen LogP contribution is -2.29. The summed E-state index contributed by atoms with van der Waals surface area (Å²) in [7, 11) is -15.2. The molecule has 6 N–H and O–H groups in total. The van der Waals surface area contributed by atoms with Crippen molar-refractivity contribution >= 4 is 23.5 Å². The molecule has 0 aliphatic carbocycles. The van der Waals surface area contributed by atoms with Crippen LogP contribution >= 0.6 is 23.5 Å². The maximum Gasteiger partial charge on any atom is 0.490 e. The van der Waals surface area contributed by atoms with Crippen LogP contribution in [-0.2, 0) is 38.6 Å². The number of H-pyrrole nitrogens is 1. The van der Waals surface area contributed by atoms with Crippen LogP contribution < -0.4 is 11.2 Å². The number of phosphoric acid groups is 3. The number of hydrogen-bond donors (Lipinski definition) is 6. The molecule has 1 aromatic rings. The number of phosphoric ester groups is 1. The van der Waals surface area contributed by atoms with E-state index < -0.39 is 59.6 Å². The van der Waals surface area contributed by atoms with Gasteiger partial charge in [-0.05, 0) is 0 Å². The highest BCUT2D eigenvalue weighted by Crippen LogP contribution is 2.66. The van der Waals surface area contributed by atoms with Crippen molar-refractivity contribution in [2.45, 2.75) is 24.7 Å². The number of aromatic amines is 1. The number of hydrogen-bond acceptors (Lipinski definition) is 10. The summed E-state index contributed by atoms with van der Waals surface area (Å²) in [5.41, 5.74) is -1.44. The summed E-state index contributed by atoms with van der Waals surface area (Å²) in [5, 5.41) is 9.94. The van der Waals surface area contributed by atoms with Gasteiger partial charge >= 0.3 is 29.2 Å². The van der Waals surface area contributed by atoms with E-state index in [-0.39, 0.29) is 12.0 Å². The third-order valence-corrected chi connectivity index (χ3v) is 7.32. The number of aromatic nitrogens is 2. The van der Waals surface area contributed by atoms with Crippen LogP contribution in [-0.4, -0.2) is 59.2 Å².